The molecular weight excluding hydrogens is 542 g/mol. The maximum Gasteiger partial charge on any atom is 0.371 e. The zero-order chi connectivity index (χ0) is 29.7. The zero-order valence-corrected chi connectivity index (χ0v) is 24.7. The van der Waals surface area contributed by atoms with Crippen LogP contribution in [0.4, 0.5) is 5.69 Å². The first-order chi connectivity index (χ1) is 19.7. The molecule has 3 aromatic carbocycles. The van der Waals surface area contributed by atoms with Crippen molar-refractivity contribution in [1.82, 2.24) is 0 Å². The van der Waals surface area contributed by atoms with E-state index in [2.05, 4.69) is 11.6 Å². The number of sulfonamides is 1. The minimum absolute atomic E-state index is 0.00648. The summed E-state index contributed by atoms with van der Waals surface area (Å²) in [6.45, 7) is 6.93. The molecule has 0 aliphatic carbocycles. The Kier molecular flexibility index (Phi) is 12.1. The quantitative estimate of drug-likeness (QED) is 0.110. The second kappa shape index (κ2) is 15.7. The molecule has 0 atom stereocenters. The largest absolute Gasteiger partial charge is 0.490 e. The first kappa shape index (κ1) is 31.5. The highest BCUT2D eigenvalue weighted by Gasteiger charge is 2.13. The van der Waals surface area contributed by atoms with Gasteiger partial charge in [-0.1, -0.05) is 61.4 Å². The number of hydrogen-bond acceptors (Lipinski definition) is 6. The molecule has 3 rings (SSSR count). The molecule has 0 aromatic heterocycles. The lowest BCUT2D eigenvalue weighted by Crippen LogP contribution is -2.18. The summed E-state index contributed by atoms with van der Waals surface area (Å²) in [5, 5.41) is 9.35. The molecule has 9 heteroatoms. The van der Waals surface area contributed by atoms with E-state index in [0.717, 1.165) is 29.5 Å². The van der Waals surface area contributed by atoms with Gasteiger partial charge in [-0.15, -0.1) is 0 Å². The molecule has 0 radical (unpaired) electrons. The summed E-state index contributed by atoms with van der Waals surface area (Å²) < 4.78 is 44.9. The monoisotopic (exact) mass is 581 g/mol. The average molecular weight is 582 g/mol. The van der Waals surface area contributed by atoms with Crippen LogP contribution in [-0.4, -0.2) is 45.1 Å². The van der Waals surface area contributed by atoms with Gasteiger partial charge in [-0.2, -0.15) is 0 Å². The number of hydrogen-bond donors (Lipinski definition) is 2. The molecule has 0 saturated carbocycles. The lowest BCUT2D eigenvalue weighted by atomic mass is 10.1. The SMILES string of the molecule is CCCCOc1cc(/C=C(\OCC)C(=O)O)ccc1OCCc1ccc(NS(=O)(=O)CCc2cccc(C)c2)cc1. The van der Waals surface area contributed by atoms with Crippen LogP contribution in [0.25, 0.3) is 6.08 Å². The topological polar surface area (TPSA) is 111 Å². The molecule has 41 heavy (non-hydrogen) atoms. The van der Waals surface area contributed by atoms with Gasteiger partial charge in [-0.3, -0.25) is 4.72 Å². The molecule has 0 heterocycles. The molecule has 0 amide bonds. The van der Waals surface area contributed by atoms with E-state index in [0.29, 0.717) is 48.8 Å². The van der Waals surface area contributed by atoms with Crippen LogP contribution in [0, 0.1) is 6.92 Å². The van der Waals surface area contributed by atoms with Crippen molar-refractivity contribution in [3.63, 3.8) is 0 Å². The summed E-state index contributed by atoms with van der Waals surface area (Å²) >= 11 is 0. The second-order valence-corrected chi connectivity index (χ2v) is 11.5. The molecule has 0 aliphatic rings. The predicted octanol–water partition coefficient (Wildman–Crippen LogP) is 6.24. The van der Waals surface area contributed by atoms with Gasteiger partial charge in [-0.25, -0.2) is 13.2 Å². The fourth-order valence-corrected chi connectivity index (χ4v) is 5.12. The number of aliphatic carboxylic acids is 1. The Bertz CT molecular complexity index is 1420. The van der Waals surface area contributed by atoms with Crippen LogP contribution in [-0.2, 0) is 32.4 Å². The normalized spacial score (nSPS) is 11.6. The van der Waals surface area contributed by atoms with Gasteiger partial charge < -0.3 is 19.3 Å². The van der Waals surface area contributed by atoms with Crippen LogP contribution < -0.4 is 14.2 Å². The average Bonchev–Trinajstić information content (AvgIpc) is 2.94. The van der Waals surface area contributed by atoms with Crippen LogP contribution >= 0.6 is 0 Å². The summed E-state index contributed by atoms with van der Waals surface area (Å²) in [5.74, 6) is -0.181. The first-order valence-electron chi connectivity index (χ1n) is 13.8. The van der Waals surface area contributed by atoms with Gasteiger partial charge in [-0.05, 0) is 73.7 Å². The molecule has 0 fully saturated rings. The molecule has 2 N–H and O–H groups in total. The second-order valence-electron chi connectivity index (χ2n) is 9.61. The number of carboxylic acids is 1. The molecule has 0 bridgehead atoms. The Morgan fingerprint density at radius 2 is 1.66 bits per heavy atom. The zero-order valence-electron chi connectivity index (χ0n) is 23.9. The van der Waals surface area contributed by atoms with Crippen LogP contribution in [0.15, 0.2) is 72.5 Å². The summed E-state index contributed by atoms with van der Waals surface area (Å²) in [7, 11) is -3.48. The van der Waals surface area contributed by atoms with Crippen LogP contribution in [0.2, 0.25) is 0 Å². The smallest absolute Gasteiger partial charge is 0.371 e. The highest BCUT2D eigenvalue weighted by molar-refractivity contribution is 7.92. The van der Waals surface area contributed by atoms with E-state index in [-0.39, 0.29) is 18.1 Å². The van der Waals surface area contributed by atoms with Crippen molar-refractivity contribution in [3.05, 3.63) is 94.7 Å². The summed E-state index contributed by atoms with van der Waals surface area (Å²) in [6, 6.07) is 20.3. The van der Waals surface area contributed by atoms with Gasteiger partial charge in [0.1, 0.15) is 0 Å². The van der Waals surface area contributed by atoms with E-state index in [1.165, 1.54) is 6.08 Å². The number of unbranched alkanes of at least 4 members (excludes halogenated alkanes) is 1. The van der Waals surface area contributed by atoms with Crippen molar-refractivity contribution in [2.75, 3.05) is 30.3 Å². The molecule has 0 saturated heterocycles. The Labute approximate surface area is 243 Å². The number of aryl methyl sites for hydroxylation is 2. The van der Waals surface area contributed by atoms with Crippen molar-refractivity contribution in [2.24, 2.45) is 0 Å². The van der Waals surface area contributed by atoms with E-state index in [1.54, 1.807) is 37.3 Å². The van der Waals surface area contributed by atoms with Gasteiger partial charge >= 0.3 is 5.97 Å². The Balaban J connectivity index is 1.58. The van der Waals surface area contributed by atoms with Crippen LogP contribution in [0.1, 0.15) is 48.9 Å². The molecule has 0 aliphatic heterocycles. The third-order valence-electron chi connectivity index (χ3n) is 6.15. The maximum absolute atomic E-state index is 12.6. The summed E-state index contributed by atoms with van der Waals surface area (Å²) in [4.78, 5) is 11.4. The van der Waals surface area contributed by atoms with Gasteiger partial charge in [0.05, 0.1) is 25.6 Å². The standard InChI is InChI=1S/C32H39NO7S/c1-4-6-18-39-30-22-27(23-31(32(34)35)38-5-2)12-15-29(30)40-19-16-25-10-13-28(14-11-25)33-41(36,37)20-17-26-9-7-8-24(3)21-26/h7-15,21-23,33H,4-6,16-20H2,1-3H3,(H,34,35)/b31-23-. The Morgan fingerprint density at radius 3 is 2.34 bits per heavy atom. The van der Waals surface area contributed by atoms with Crippen molar-refractivity contribution < 1.29 is 32.5 Å². The van der Waals surface area contributed by atoms with Crippen molar-refractivity contribution >= 4 is 27.8 Å². The number of carbonyl (C=O) groups is 1. The van der Waals surface area contributed by atoms with Crippen LogP contribution in [0.5, 0.6) is 11.5 Å². The van der Waals surface area contributed by atoms with E-state index >= 15 is 0 Å². The maximum atomic E-state index is 12.6. The van der Waals surface area contributed by atoms with Gasteiger partial charge in [0, 0.05) is 12.1 Å². The minimum atomic E-state index is -3.48. The van der Waals surface area contributed by atoms with Gasteiger partial charge in [0.15, 0.2) is 11.5 Å². The van der Waals surface area contributed by atoms with Gasteiger partial charge in [0.2, 0.25) is 15.8 Å². The Morgan fingerprint density at radius 1 is 0.902 bits per heavy atom. The fraction of sp³-hybridized carbons (Fsp3) is 0.344. The lowest BCUT2D eigenvalue weighted by Gasteiger charge is -2.14. The molecule has 0 unspecified atom stereocenters. The molecule has 220 valence electrons. The van der Waals surface area contributed by atoms with E-state index < -0.39 is 16.0 Å². The number of carboxylic acid groups (broad SMARTS) is 1. The number of benzene rings is 3. The minimum Gasteiger partial charge on any atom is -0.490 e. The highest BCUT2D eigenvalue weighted by atomic mass is 32.2. The van der Waals surface area contributed by atoms with Gasteiger partial charge in [0.25, 0.3) is 0 Å². The van der Waals surface area contributed by atoms with Crippen LogP contribution in [0.3, 0.4) is 0 Å². The molecular formula is C32H39NO7S. The van der Waals surface area contributed by atoms with E-state index in [9.17, 15) is 18.3 Å². The molecule has 0 spiro atoms. The highest BCUT2D eigenvalue weighted by Crippen LogP contribution is 2.30. The predicted molar refractivity (Wildman–Crippen MR) is 162 cm³/mol. The first-order valence-corrected chi connectivity index (χ1v) is 15.5. The van der Waals surface area contributed by atoms with Crippen molar-refractivity contribution in [2.45, 2.75) is 46.5 Å². The molecule has 3 aromatic rings. The number of rotatable bonds is 17. The number of nitrogens with one attached hydrogen (secondary N) is 1. The summed E-state index contributed by atoms with van der Waals surface area (Å²) in [6.07, 6.45) is 4.36. The Hall–Kier alpha value is -3.98. The third kappa shape index (κ3) is 10.8. The van der Waals surface area contributed by atoms with Crippen molar-refractivity contribution in [3.8, 4) is 11.5 Å². The number of ether oxygens (including phenoxy) is 3. The number of anilines is 1. The van der Waals surface area contributed by atoms with E-state index in [1.807, 2.05) is 43.3 Å². The summed E-state index contributed by atoms with van der Waals surface area (Å²) in [5.41, 5.74) is 4.23. The van der Waals surface area contributed by atoms with E-state index in [4.69, 9.17) is 14.2 Å². The van der Waals surface area contributed by atoms with Crippen molar-refractivity contribution in [1.29, 1.82) is 0 Å². The lowest BCUT2D eigenvalue weighted by molar-refractivity contribution is -0.136. The molecule has 8 nitrogen and oxygen atoms in total. The third-order valence-corrected chi connectivity index (χ3v) is 7.44. The fourth-order valence-electron chi connectivity index (χ4n) is 4.01.